The minimum absolute atomic E-state index is 0.297. The van der Waals surface area contributed by atoms with Crippen molar-refractivity contribution in [3.8, 4) is 5.75 Å². The molecule has 1 aromatic heterocycles. The van der Waals surface area contributed by atoms with Crippen LogP contribution in [0.4, 0.5) is 5.82 Å². The van der Waals surface area contributed by atoms with Gasteiger partial charge in [-0.2, -0.15) is 0 Å². The van der Waals surface area contributed by atoms with Gasteiger partial charge in [0.15, 0.2) is 11.6 Å². The van der Waals surface area contributed by atoms with Gasteiger partial charge in [-0.15, -0.1) is 0 Å². The lowest BCUT2D eigenvalue weighted by Crippen LogP contribution is -2.28. The van der Waals surface area contributed by atoms with E-state index in [-0.39, 0.29) is 0 Å². The van der Waals surface area contributed by atoms with Gasteiger partial charge in [0.1, 0.15) is 0 Å². The second-order valence-corrected chi connectivity index (χ2v) is 5.04. The van der Waals surface area contributed by atoms with Gasteiger partial charge < -0.3 is 10.5 Å². The van der Waals surface area contributed by atoms with Gasteiger partial charge in [-0.05, 0) is 43.2 Å². The molecule has 2 rings (SSSR count). The first-order valence-corrected chi connectivity index (χ1v) is 6.02. The second-order valence-electron chi connectivity index (χ2n) is 5.04. The van der Waals surface area contributed by atoms with Gasteiger partial charge in [0, 0.05) is 6.20 Å². The average molecular weight is 220 g/mol. The molecular formula is C13H20N2O. The van der Waals surface area contributed by atoms with Gasteiger partial charge in [-0.1, -0.05) is 13.8 Å². The van der Waals surface area contributed by atoms with E-state index in [9.17, 15) is 0 Å². The van der Waals surface area contributed by atoms with Crippen LogP contribution in [0.1, 0.15) is 33.1 Å². The number of nitrogens with two attached hydrogens (primary N) is 1. The highest BCUT2D eigenvalue weighted by Gasteiger charge is 2.25. The Labute approximate surface area is 97.0 Å². The summed E-state index contributed by atoms with van der Waals surface area (Å²) in [4.78, 5) is 4.04. The van der Waals surface area contributed by atoms with Gasteiger partial charge >= 0.3 is 0 Å². The summed E-state index contributed by atoms with van der Waals surface area (Å²) in [6.07, 6.45) is 5.54. The smallest absolute Gasteiger partial charge is 0.166 e. The normalized spacial score (nSPS) is 30.0. The first-order valence-electron chi connectivity index (χ1n) is 6.02. The number of rotatable bonds is 2. The third kappa shape index (κ3) is 2.65. The Bertz CT molecular complexity index is 344. The van der Waals surface area contributed by atoms with Crippen molar-refractivity contribution in [1.29, 1.82) is 0 Å². The second kappa shape index (κ2) is 4.73. The van der Waals surface area contributed by atoms with Gasteiger partial charge in [0.05, 0.1) is 6.10 Å². The van der Waals surface area contributed by atoms with Crippen molar-refractivity contribution in [3.05, 3.63) is 18.3 Å². The van der Waals surface area contributed by atoms with E-state index in [4.69, 9.17) is 10.5 Å². The summed E-state index contributed by atoms with van der Waals surface area (Å²) >= 11 is 0. The van der Waals surface area contributed by atoms with E-state index < -0.39 is 0 Å². The van der Waals surface area contributed by atoms with E-state index >= 15 is 0 Å². The van der Waals surface area contributed by atoms with Crippen molar-refractivity contribution >= 4 is 5.82 Å². The van der Waals surface area contributed by atoms with Crippen LogP contribution in [0.2, 0.25) is 0 Å². The Kier molecular flexibility index (Phi) is 3.32. The zero-order valence-corrected chi connectivity index (χ0v) is 10.0. The summed E-state index contributed by atoms with van der Waals surface area (Å²) < 4.78 is 5.94. The summed E-state index contributed by atoms with van der Waals surface area (Å²) in [7, 11) is 0. The molecule has 0 aromatic carbocycles. The Balaban J connectivity index is 2.02. The van der Waals surface area contributed by atoms with Crippen molar-refractivity contribution in [1.82, 2.24) is 4.98 Å². The highest BCUT2D eigenvalue weighted by molar-refractivity contribution is 5.44. The first-order chi connectivity index (χ1) is 7.65. The molecule has 16 heavy (non-hydrogen) atoms. The summed E-state index contributed by atoms with van der Waals surface area (Å²) in [5.41, 5.74) is 5.77. The number of anilines is 1. The lowest BCUT2D eigenvalue weighted by atomic mass is 9.82. The number of ether oxygens (including phenoxy) is 1. The maximum atomic E-state index is 5.94. The lowest BCUT2D eigenvalue weighted by Gasteiger charge is -2.31. The first kappa shape index (κ1) is 11.2. The zero-order chi connectivity index (χ0) is 11.5. The van der Waals surface area contributed by atoms with Gasteiger partial charge in [-0.25, -0.2) is 4.98 Å². The predicted octanol–water partition coefficient (Wildman–Crippen LogP) is 2.87. The molecule has 2 unspecified atom stereocenters. The zero-order valence-electron chi connectivity index (χ0n) is 10.0. The summed E-state index contributed by atoms with van der Waals surface area (Å²) in [6, 6.07) is 3.76. The SMILES string of the molecule is CC1CC(C)CC(Oc2cccnc2N)C1. The number of hydrogen-bond acceptors (Lipinski definition) is 3. The van der Waals surface area contributed by atoms with Crippen LogP contribution in [0, 0.1) is 11.8 Å². The molecule has 1 aliphatic rings. The van der Waals surface area contributed by atoms with Crippen LogP contribution in [-0.4, -0.2) is 11.1 Å². The molecule has 1 saturated carbocycles. The predicted molar refractivity (Wildman–Crippen MR) is 65.2 cm³/mol. The third-order valence-corrected chi connectivity index (χ3v) is 3.23. The van der Waals surface area contributed by atoms with Crippen molar-refractivity contribution in [2.75, 3.05) is 5.73 Å². The monoisotopic (exact) mass is 220 g/mol. The van der Waals surface area contributed by atoms with Crippen LogP contribution in [0.5, 0.6) is 5.75 Å². The molecule has 0 bridgehead atoms. The third-order valence-electron chi connectivity index (χ3n) is 3.23. The minimum Gasteiger partial charge on any atom is -0.487 e. The largest absolute Gasteiger partial charge is 0.487 e. The summed E-state index contributed by atoms with van der Waals surface area (Å²) in [6.45, 7) is 4.58. The molecule has 1 heterocycles. The average Bonchev–Trinajstić information content (AvgIpc) is 2.20. The summed E-state index contributed by atoms with van der Waals surface area (Å²) in [5, 5.41) is 0. The minimum atomic E-state index is 0.297. The molecule has 3 nitrogen and oxygen atoms in total. The number of nitrogens with zero attached hydrogens (tertiary/aromatic N) is 1. The van der Waals surface area contributed by atoms with E-state index in [1.165, 1.54) is 6.42 Å². The molecule has 0 spiro atoms. The quantitative estimate of drug-likeness (QED) is 0.833. The fraction of sp³-hybridized carbons (Fsp3) is 0.615. The Morgan fingerprint density at radius 2 is 1.94 bits per heavy atom. The molecule has 3 heteroatoms. The van der Waals surface area contributed by atoms with E-state index in [1.807, 2.05) is 12.1 Å². The molecule has 1 aliphatic carbocycles. The molecule has 2 N–H and O–H groups in total. The van der Waals surface area contributed by atoms with Gasteiger partial charge in [-0.3, -0.25) is 0 Å². The number of hydrogen-bond donors (Lipinski definition) is 1. The Morgan fingerprint density at radius 1 is 1.25 bits per heavy atom. The number of nitrogen functional groups attached to an aromatic ring is 1. The molecular weight excluding hydrogens is 200 g/mol. The van der Waals surface area contributed by atoms with Crippen LogP contribution in [0.3, 0.4) is 0 Å². The molecule has 0 saturated heterocycles. The molecule has 1 aromatic rings. The van der Waals surface area contributed by atoms with Crippen LogP contribution in [0.15, 0.2) is 18.3 Å². The highest BCUT2D eigenvalue weighted by Crippen LogP contribution is 2.32. The maximum absolute atomic E-state index is 5.94. The highest BCUT2D eigenvalue weighted by atomic mass is 16.5. The molecule has 2 atom stereocenters. The van der Waals surface area contributed by atoms with Crippen LogP contribution < -0.4 is 10.5 Å². The Hall–Kier alpha value is -1.25. The van der Waals surface area contributed by atoms with Gasteiger partial charge in [0.25, 0.3) is 0 Å². The molecule has 88 valence electrons. The lowest BCUT2D eigenvalue weighted by molar-refractivity contribution is 0.101. The van der Waals surface area contributed by atoms with Crippen molar-refractivity contribution in [2.24, 2.45) is 11.8 Å². The van der Waals surface area contributed by atoms with Crippen molar-refractivity contribution in [3.63, 3.8) is 0 Å². The fourth-order valence-electron chi connectivity index (χ4n) is 2.65. The van der Waals surface area contributed by atoms with E-state index in [0.717, 1.165) is 30.4 Å². The van der Waals surface area contributed by atoms with E-state index in [0.29, 0.717) is 11.9 Å². The van der Waals surface area contributed by atoms with E-state index in [2.05, 4.69) is 18.8 Å². The molecule has 0 radical (unpaired) electrons. The topological polar surface area (TPSA) is 48.1 Å². The van der Waals surface area contributed by atoms with Crippen LogP contribution >= 0.6 is 0 Å². The molecule has 1 fully saturated rings. The standard InChI is InChI=1S/C13H20N2O/c1-9-6-10(2)8-11(7-9)16-12-4-3-5-15-13(12)14/h3-5,9-11H,6-8H2,1-2H3,(H2,14,15). The van der Waals surface area contributed by atoms with Gasteiger partial charge in [0.2, 0.25) is 0 Å². The number of aromatic nitrogens is 1. The van der Waals surface area contributed by atoms with Crippen LogP contribution in [-0.2, 0) is 0 Å². The maximum Gasteiger partial charge on any atom is 0.166 e. The molecule has 0 amide bonds. The molecule has 0 aliphatic heterocycles. The summed E-state index contributed by atoms with van der Waals surface area (Å²) in [5.74, 6) is 2.71. The number of pyridine rings is 1. The van der Waals surface area contributed by atoms with Crippen molar-refractivity contribution < 1.29 is 4.74 Å². The van der Waals surface area contributed by atoms with E-state index in [1.54, 1.807) is 6.20 Å². The Morgan fingerprint density at radius 3 is 2.56 bits per heavy atom. The fourth-order valence-corrected chi connectivity index (χ4v) is 2.65. The van der Waals surface area contributed by atoms with Crippen molar-refractivity contribution in [2.45, 2.75) is 39.2 Å². The van der Waals surface area contributed by atoms with Crippen LogP contribution in [0.25, 0.3) is 0 Å².